The fourth-order valence-corrected chi connectivity index (χ4v) is 3.44. The number of hydrogen-bond acceptors (Lipinski definition) is 2. The minimum absolute atomic E-state index is 0.0397. The quantitative estimate of drug-likeness (QED) is 0.707. The molecule has 0 radical (unpaired) electrons. The number of hydrogen-bond donors (Lipinski definition) is 0. The summed E-state index contributed by atoms with van der Waals surface area (Å²) in [6.45, 7) is 11.7. The summed E-state index contributed by atoms with van der Waals surface area (Å²) in [7, 11) is 0. The summed E-state index contributed by atoms with van der Waals surface area (Å²) >= 11 is 12.2. The van der Waals surface area contributed by atoms with E-state index < -0.39 is 0 Å². The van der Waals surface area contributed by atoms with E-state index in [1.807, 2.05) is 12.1 Å². The topological polar surface area (TPSA) is 12.5 Å². The number of halogens is 2. The van der Waals surface area contributed by atoms with Crippen molar-refractivity contribution in [2.75, 3.05) is 19.7 Å². The Hall–Kier alpha value is -0.280. The van der Waals surface area contributed by atoms with E-state index in [0.29, 0.717) is 22.0 Å². The van der Waals surface area contributed by atoms with Crippen LogP contribution in [0.2, 0.25) is 10.0 Å². The van der Waals surface area contributed by atoms with Gasteiger partial charge in [0.2, 0.25) is 0 Å². The summed E-state index contributed by atoms with van der Waals surface area (Å²) in [5.74, 6) is 0.672. The molecule has 1 fully saturated rings. The van der Waals surface area contributed by atoms with Crippen LogP contribution in [0.3, 0.4) is 0 Å². The van der Waals surface area contributed by atoms with Crippen LogP contribution in [0.4, 0.5) is 0 Å². The van der Waals surface area contributed by atoms with Crippen molar-refractivity contribution in [3.8, 4) is 0 Å². The lowest BCUT2D eigenvalue weighted by atomic mass is 9.95. The van der Waals surface area contributed by atoms with E-state index in [4.69, 9.17) is 27.9 Å². The zero-order valence-corrected chi connectivity index (χ0v) is 15.5. The van der Waals surface area contributed by atoms with Crippen molar-refractivity contribution in [2.24, 2.45) is 5.92 Å². The third-order valence-electron chi connectivity index (χ3n) is 4.32. The Bertz CT molecular complexity index is 470. The molecule has 0 saturated carbocycles. The standard InChI is InChI=1S/C18H27Cl2NO/c1-13(15-9-16(19)11-17(20)10-15)21-7-5-14(6-8-21)12-22-18(2,3)4/h9-11,13-14H,5-8,12H2,1-4H3/t13-/m0/s1. The first kappa shape index (κ1) is 18.1. The molecule has 1 aromatic carbocycles. The molecule has 0 bridgehead atoms. The zero-order valence-electron chi connectivity index (χ0n) is 14.0. The molecule has 0 aromatic heterocycles. The molecule has 4 heteroatoms. The maximum atomic E-state index is 6.12. The van der Waals surface area contributed by atoms with Crippen LogP contribution in [0.1, 0.15) is 52.1 Å². The number of likely N-dealkylation sites (tertiary alicyclic amines) is 1. The fraction of sp³-hybridized carbons (Fsp3) is 0.667. The van der Waals surface area contributed by atoms with Crippen LogP contribution in [-0.2, 0) is 4.74 Å². The van der Waals surface area contributed by atoms with Gasteiger partial charge >= 0.3 is 0 Å². The highest BCUT2D eigenvalue weighted by Gasteiger charge is 2.25. The molecule has 0 amide bonds. The highest BCUT2D eigenvalue weighted by molar-refractivity contribution is 6.34. The molecule has 1 aromatic rings. The second-order valence-electron chi connectivity index (χ2n) is 7.28. The lowest BCUT2D eigenvalue weighted by molar-refractivity contribution is -0.0344. The summed E-state index contributed by atoms with van der Waals surface area (Å²) in [6, 6.07) is 6.18. The first-order valence-electron chi connectivity index (χ1n) is 8.08. The molecular weight excluding hydrogens is 317 g/mol. The van der Waals surface area contributed by atoms with Crippen LogP contribution in [0.15, 0.2) is 18.2 Å². The second-order valence-corrected chi connectivity index (χ2v) is 8.15. The predicted octanol–water partition coefficient (Wildman–Crippen LogP) is 5.58. The third kappa shape index (κ3) is 5.42. The van der Waals surface area contributed by atoms with E-state index in [0.717, 1.165) is 19.7 Å². The molecule has 22 heavy (non-hydrogen) atoms. The average molecular weight is 344 g/mol. The summed E-state index contributed by atoms with van der Waals surface area (Å²) < 4.78 is 5.93. The van der Waals surface area contributed by atoms with Crippen LogP contribution in [0.5, 0.6) is 0 Å². The molecule has 0 unspecified atom stereocenters. The lowest BCUT2D eigenvalue weighted by Crippen LogP contribution is -2.37. The third-order valence-corrected chi connectivity index (χ3v) is 4.75. The Kier molecular flexibility index (Phi) is 6.18. The molecule has 0 spiro atoms. The van der Waals surface area contributed by atoms with Gasteiger partial charge in [0.1, 0.15) is 0 Å². The Labute approximate surface area is 144 Å². The van der Waals surface area contributed by atoms with Crippen molar-refractivity contribution >= 4 is 23.2 Å². The van der Waals surface area contributed by atoms with Crippen molar-refractivity contribution in [2.45, 2.75) is 52.2 Å². The van der Waals surface area contributed by atoms with E-state index in [9.17, 15) is 0 Å². The number of piperidine rings is 1. The van der Waals surface area contributed by atoms with Crippen molar-refractivity contribution in [3.63, 3.8) is 0 Å². The van der Waals surface area contributed by atoms with Gasteiger partial charge in [-0.2, -0.15) is 0 Å². The second kappa shape index (κ2) is 7.53. The van der Waals surface area contributed by atoms with E-state index in [2.05, 4.69) is 32.6 Å². The molecule has 1 aliphatic rings. The summed E-state index contributed by atoms with van der Waals surface area (Å²) in [6.07, 6.45) is 2.38. The molecule has 2 rings (SSSR count). The molecule has 0 N–H and O–H groups in total. The maximum absolute atomic E-state index is 6.12. The number of benzene rings is 1. The fourth-order valence-electron chi connectivity index (χ4n) is 2.90. The van der Waals surface area contributed by atoms with Gasteiger partial charge in [0, 0.05) is 16.1 Å². The molecule has 1 aliphatic heterocycles. The molecular formula is C18H27Cl2NO. The van der Waals surface area contributed by atoms with Gasteiger partial charge < -0.3 is 4.74 Å². The Morgan fingerprint density at radius 2 is 1.68 bits per heavy atom. The highest BCUT2D eigenvalue weighted by atomic mass is 35.5. The van der Waals surface area contributed by atoms with Crippen molar-refractivity contribution < 1.29 is 4.74 Å². The van der Waals surface area contributed by atoms with Crippen LogP contribution in [-0.4, -0.2) is 30.2 Å². The van der Waals surface area contributed by atoms with Crippen LogP contribution < -0.4 is 0 Å². The summed E-state index contributed by atoms with van der Waals surface area (Å²) in [5.41, 5.74) is 1.16. The van der Waals surface area contributed by atoms with Crippen LogP contribution >= 0.6 is 23.2 Å². The van der Waals surface area contributed by atoms with E-state index in [1.54, 1.807) is 6.07 Å². The Morgan fingerprint density at radius 3 is 2.18 bits per heavy atom. The first-order chi connectivity index (χ1) is 10.2. The molecule has 124 valence electrons. The van der Waals surface area contributed by atoms with E-state index >= 15 is 0 Å². The van der Waals surface area contributed by atoms with E-state index in [1.165, 1.54) is 18.4 Å². The molecule has 2 nitrogen and oxygen atoms in total. The SMILES string of the molecule is C[C@@H](c1cc(Cl)cc(Cl)c1)N1CCC(COC(C)(C)C)CC1. The minimum Gasteiger partial charge on any atom is -0.376 e. The first-order valence-corrected chi connectivity index (χ1v) is 8.84. The van der Waals surface area contributed by atoms with Gasteiger partial charge in [-0.1, -0.05) is 23.2 Å². The average Bonchev–Trinajstić information content (AvgIpc) is 2.43. The van der Waals surface area contributed by atoms with Gasteiger partial charge in [-0.3, -0.25) is 4.90 Å². The van der Waals surface area contributed by atoms with Crippen LogP contribution in [0.25, 0.3) is 0 Å². The highest BCUT2D eigenvalue weighted by Crippen LogP contribution is 2.30. The molecule has 1 heterocycles. The Morgan fingerprint density at radius 1 is 1.14 bits per heavy atom. The normalized spacial score (nSPS) is 19.4. The summed E-state index contributed by atoms with van der Waals surface area (Å²) in [4.78, 5) is 2.51. The molecule has 0 aliphatic carbocycles. The monoisotopic (exact) mass is 343 g/mol. The van der Waals surface area contributed by atoms with Gasteiger partial charge in [0.25, 0.3) is 0 Å². The predicted molar refractivity (Wildman–Crippen MR) is 94.9 cm³/mol. The largest absolute Gasteiger partial charge is 0.376 e. The van der Waals surface area contributed by atoms with Gasteiger partial charge in [0.05, 0.1) is 12.2 Å². The smallest absolute Gasteiger partial charge is 0.0598 e. The molecule has 1 atom stereocenters. The van der Waals surface area contributed by atoms with Crippen molar-refractivity contribution in [3.05, 3.63) is 33.8 Å². The minimum atomic E-state index is -0.0397. The zero-order chi connectivity index (χ0) is 16.3. The number of nitrogens with zero attached hydrogens (tertiary/aromatic N) is 1. The van der Waals surface area contributed by atoms with Crippen molar-refractivity contribution in [1.29, 1.82) is 0 Å². The maximum Gasteiger partial charge on any atom is 0.0598 e. The van der Waals surface area contributed by atoms with Gasteiger partial charge in [-0.15, -0.1) is 0 Å². The van der Waals surface area contributed by atoms with Gasteiger partial charge in [-0.05, 0) is 83.3 Å². The molecule has 1 saturated heterocycles. The number of ether oxygens (including phenoxy) is 1. The van der Waals surface area contributed by atoms with E-state index in [-0.39, 0.29) is 5.60 Å². The Balaban J connectivity index is 1.88. The van der Waals surface area contributed by atoms with Crippen LogP contribution in [0, 0.1) is 5.92 Å². The van der Waals surface area contributed by atoms with Crippen molar-refractivity contribution in [1.82, 2.24) is 4.90 Å². The number of rotatable bonds is 4. The summed E-state index contributed by atoms with van der Waals surface area (Å²) in [5, 5.41) is 1.42. The van der Waals surface area contributed by atoms with Gasteiger partial charge in [-0.25, -0.2) is 0 Å². The lowest BCUT2D eigenvalue weighted by Gasteiger charge is -2.37. The van der Waals surface area contributed by atoms with Gasteiger partial charge in [0.15, 0.2) is 0 Å².